The van der Waals surface area contributed by atoms with Crippen molar-refractivity contribution in [1.29, 1.82) is 0 Å². The molecule has 1 unspecified atom stereocenters. The zero-order chi connectivity index (χ0) is 22.6. The van der Waals surface area contributed by atoms with Crippen molar-refractivity contribution in [3.8, 4) is 0 Å². The molecule has 2 N–H and O–H groups in total. The second-order valence-electron chi connectivity index (χ2n) is 7.69. The number of carbonyl (C=O) groups is 1. The monoisotopic (exact) mass is 444 g/mol. The molecule has 0 aliphatic rings. The molecule has 0 saturated heterocycles. The molecule has 0 saturated carbocycles. The summed E-state index contributed by atoms with van der Waals surface area (Å²) in [6.07, 6.45) is 1.14. The number of para-hydroxylation sites is 1. The summed E-state index contributed by atoms with van der Waals surface area (Å²) in [6, 6.07) is 30.6. The first-order valence-electron chi connectivity index (χ1n) is 10.3. The molecular weight excluding hydrogens is 420 g/mol. The standard InChI is InChI=1S/C26H24N2O3S/c1-32(30,31)28-24-17-8-6-13-21(24)18-25(29)27-26(20-11-3-2-4-12-20)23-16-9-14-19-10-5-7-15-22(19)23/h2-17,26,28H,18H2,1H3,(H,27,29). The van der Waals surface area contributed by atoms with Crippen molar-refractivity contribution in [2.24, 2.45) is 0 Å². The van der Waals surface area contributed by atoms with Crippen LogP contribution in [0.15, 0.2) is 97.1 Å². The molecule has 32 heavy (non-hydrogen) atoms. The van der Waals surface area contributed by atoms with Crippen LogP contribution in [0.5, 0.6) is 0 Å². The maximum atomic E-state index is 13.1. The lowest BCUT2D eigenvalue weighted by atomic mass is 9.93. The van der Waals surface area contributed by atoms with Gasteiger partial charge in [-0.3, -0.25) is 9.52 Å². The van der Waals surface area contributed by atoms with Crippen LogP contribution in [-0.4, -0.2) is 20.6 Å². The van der Waals surface area contributed by atoms with Gasteiger partial charge in [0.1, 0.15) is 0 Å². The number of hydrogen-bond donors (Lipinski definition) is 2. The first-order chi connectivity index (χ1) is 15.4. The first-order valence-corrected chi connectivity index (χ1v) is 12.2. The largest absolute Gasteiger partial charge is 0.345 e. The molecule has 0 aliphatic heterocycles. The number of hydrogen-bond acceptors (Lipinski definition) is 3. The SMILES string of the molecule is CS(=O)(=O)Nc1ccccc1CC(=O)NC(c1ccccc1)c1cccc2ccccc12. The topological polar surface area (TPSA) is 75.3 Å². The van der Waals surface area contributed by atoms with Gasteiger partial charge in [0, 0.05) is 0 Å². The third-order valence-corrected chi connectivity index (χ3v) is 5.83. The Morgan fingerprint density at radius 3 is 2.25 bits per heavy atom. The molecule has 1 amide bonds. The number of amides is 1. The van der Waals surface area contributed by atoms with E-state index in [2.05, 4.69) is 28.2 Å². The highest BCUT2D eigenvalue weighted by atomic mass is 32.2. The third kappa shape index (κ3) is 5.15. The Morgan fingerprint density at radius 1 is 0.812 bits per heavy atom. The number of sulfonamides is 1. The van der Waals surface area contributed by atoms with Gasteiger partial charge in [0.05, 0.1) is 24.4 Å². The molecule has 0 radical (unpaired) electrons. The van der Waals surface area contributed by atoms with Crippen molar-refractivity contribution >= 4 is 32.4 Å². The minimum atomic E-state index is -3.45. The molecule has 4 rings (SSSR count). The van der Waals surface area contributed by atoms with Gasteiger partial charge in [-0.15, -0.1) is 0 Å². The molecule has 6 heteroatoms. The van der Waals surface area contributed by atoms with E-state index in [0.29, 0.717) is 11.3 Å². The summed E-state index contributed by atoms with van der Waals surface area (Å²) >= 11 is 0. The third-order valence-electron chi connectivity index (χ3n) is 5.24. The lowest BCUT2D eigenvalue weighted by Gasteiger charge is -2.22. The summed E-state index contributed by atoms with van der Waals surface area (Å²) in [5.41, 5.74) is 3.00. The minimum Gasteiger partial charge on any atom is -0.345 e. The highest BCUT2D eigenvalue weighted by Crippen LogP contribution is 2.29. The molecule has 0 spiro atoms. The number of rotatable bonds is 7. The zero-order valence-electron chi connectivity index (χ0n) is 17.7. The van der Waals surface area contributed by atoms with Crippen LogP contribution in [0.2, 0.25) is 0 Å². The molecule has 0 aliphatic carbocycles. The van der Waals surface area contributed by atoms with E-state index in [9.17, 15) is 13.2 Å². The van der Waals surface area contributed by atoms with E-state index >= 15 is 0 Å². The van der Waals surface area contributed by atoms with Gasteiger partial charge >= 0.3 is 0 Å². The smallest absolute Gasteiger partial charge is 0.229 e. The molecule has 4 aromatic rings. The van der Waals surface area contributed by atoms with Crippen molar-refractivity contribution in [3.05, 3.63) is 114 Å². The van der Waals surface area contributed by atoms with Crippen LogP contribution >= 0.6 is 0 Å². The average Bonchev–Trinajstić information content (AvgIpc) is 2.78. The van der Waals surface area contributed by atoms with Crippen LogP contribution < -0.4 is 10.0 Å². The van der Waals surface area contributed by atoms with E-state index in [-0.39, 0.29) is 18.4 Å². The summed E-state index contributed by atoms with van der Waals surface area (Å²) in [7, 11) is -3.45. The van der Waals surface area contributed by atoms with E-state index in [1.165, 1.54) is 0 Å². The zero-order valence-corrected chi connectivity index (χ0v) is 18.5. The lowest BCUT2D eigenvalue weighted by molar-refractivity contribution is -0.120. The predicted molar refractivity (Wildman–Crippen MR) is 129 cm³/mol. The number of benzene rings is 4. The molecule has 162 valence electrons. The molecule has 1 atom stereocenters. The Labute approximate surface area is 188 Å². The summed E-state index contributed by atoms with van der Waals surface area (Å²) in [5.74, 6) is -0.200. The van der Waals surface area contributed by atoms with Crippen molar-refractivity contribution in [2.75, 3.05) is 11.0 Å². The van der Waals surface area contributed by atoms with Crippen molar-refractivity contribution in [2.45, 2.75) is 12.5 Å². The van der Waals surface area contributed by atoms with E-state index in [0.717, 1.165) is 28.2 Å². The maximum Gasteiger partial charge on any atom is 0.229 e. The molecular formula is C26H24N2O3S. The van der Waals surface area contributed by atoms with Crippen LogP contribution in [0.4, 0.5) is 5.69 Å². The summed E-state index contributed by atoms with van der Waals surface area (Å²) in [4.78, 5) is 13.1. The Morgan fingerprint density at radius 2 is 1.47 bits per heavy atom. The van der Waals surface area contributed by atoms with Gasteiger partial charge < -0.3 is 5.32 Å². The van der Waals surface area contributed by atoms with Crippen LogP contribution in [0.3, 0.4) is 0 Å². The van der Waals surface area contributed by atoms with Gasteiger partial charge in [0.2, 0.25) is 15.9 Å². The lowest BCUT2D eigenvalue weighted by Crippen LogP contribution is -2.31. The fourth-order valence-electron chi connectivity index (χ4n) is 3.85. The highest BCUT2D eigenvalue weighted by Gasteiger charge is 2.20. The van der Waals surface area contributed by atoms with Crippen LogP contribution in [-0.2, 0) is 21.2 Å². The summed E-state index contributed by atoms with van der Waals surface area (Å²) in [5, 5.41) is 5.34. The number of carbonyl (C=O) groups excluding carboxylic acids is 1. The van der Waals surface area contributed by atoms with E-state index in [1.807, 2.05) is 54.6 Å². The second-order valence-corrected chi connectivity index (χ2v) is 9.44. The Bertz CT molecular complexity index is 1350. The molecule has 0 heterocycles. The van der Waals surface area contributed by atoms with Crippen LogP contribution in [0, 0.1) is 0 Å². The molecule has 0 fully saturated rings. The minimum absolute atomic E-state index is 0.0484. The van der Waals surface area contributed by atoms with Gasteiger partial charge in [-0.05, 0) is 33.5 Å². The van der Waals surface area contributed by atoms with E-state index in [4.69, 9.17) is 0 Å². The quantitative estimate of drug-likeness (QED) is 0.435. The number of anilines is 1. The van der Waals surface area contributed by atoms with Crippen molar-refractivity contribution in [3.63, 3.8) is 0 Å². The Balaban J connectivity index is 1.67. The van der Waals surface area contributed by atoms with Gasteiger partial charge in [-0.1, -0.05) is 91.0 Å². The highest BCUT2D eigenvalue weighted by molar-refractivity contribution is 7.92. The second kappa shape index (κ2) is 9.24. The van der Waals surface area contributed by atoms with Crippen molar-refractivity contribution in [1.82, 2.24) is 5.32 Å². The van der Waals surface area contributed by atoms with Crippen molar-refractivity contribution < 1.29 is 13.2 Å². The summed E-state index contributed by atoms with van der Waals surface area (Å²) in [6.45, 7) is 0. The fraction of sp³-hybridized carbons (Fsp3) is 0.115. The van der Waals surface area contributed by atoms with Gasteiger partial charge in [-0.25, -0.2) is 8.42 Å². The first kappa shape index (κ1) is 21.6. The van der Waals surface area contributed by atoms with Gasteiger partial charge in [0.25, 0.3) is 0 Å². The normalized spacial score (nSPS) is 12.3. The number of nitrogens with one attached hydrogen (secondary N) is 2. The molecule has 5 nitrogen and oxygen atoms in total. The molecule has 4 aromatic carbocycles. The van der Waals surface area contributed by atoms with Gasteiger partial charge in [-0.2, -0.15) is 0 Å². The van der Waals surface area contributed by atoms with Crippen LogP contribution in [0.1, 0.15) is 22.7 Å². The maximum absolute atomic E-state index is 13.1. The summed E-state index contributed by atoms with van der Waals surface area (Å²) < 4.78 is 25.9. The predicted octanol–water partition coefficient (Wildman–Crippen LogP) is 4.66. The number of fused-ring (bicyclic) bond motifs is 1. The molecule has 0 bridgehead atoms. The van der Waals surface area contributed by atoms with Gasteiger partial charge in [0.15, 0.2) is 0 Å². The average molecular weight is 445 g/mol. The Hall–Kier alpha value is -3.64. The Kier molecular flexibility index (Phi) is 6.23. The van der Waals surface area contributed by atoms with Crippen LogP contribution in [0.25, 0.3) is 10.8 Å². The van der Waals surface area contributed by atoms with E-state index < -0.39 is 10.0 Å². The molecule has 0 aromatic heterocycles. The fourth-order valence-corrected chi connectivity index (χ4v) is 4.45. The van der Waals surface area contributed by atoms with E-state index in [1.54, 1.807) is 24.3 Å².